The number of aromatic nitrogens is 3. The second-order valence-corrected chi connectivity index (χ2v) is 5.26. The van der Waals surface area contributed by atoms with Gasteiger partial charge in [0, 0.05) is 6.04 Å². The standard InChI is InChI=1S/C13H19N5S/c1-3-11(5-4-10-6-7-19-8-10)17-13-16-9(2)15-12(14)18-13/h6-8,11H,3-5H2,1-2H3,(H3,14,15,16,17,18). The van der Waals surface area contributed by atoms with Gasteiger partial charge < -0.3 is 11.1 Å². The molecule has 0 saturated carbocycles. The van der Waals surface area contributed by atoms with E-state index in [1.807, 2.05) is 6.92 Å². The number of nitrogens with zero attached hydrogens (tertiary/aromatic N) is 3. The lowest BCUT2D eigenvalue weighted by molar-refractivity contribution is 0.627. The molecule has 0 aromatic carbocycles. The summed E-state index contributed by atoms with van der Waals surface area (Å²) in [6, 6.07) is 2.52. The summed E-state index contributed by atoms with van der Waals surface area (Å²) in [6.07, 6.45) is 3.14. The summed E-state index contributed by atoms with van der Waals surface area (Å²) in [4.78, 5) is 12.3. The summed E-state index contributed by atoms with van der Waals surface area (Å²) in [5.74, 6) is 1.48. The number of anilines is 2. The summed E-state index contributed by atoms with van der Waals surface area (Å²) in [5, 5.41) is 7.64. The van der Waals surface area contributed by atoms with E-state index in [1.165, 1.54) is 5.56 Å². The molecule has 0 radical (unpaired) electrons. The molecular formula is C13H19N5S. The van der Waals surface area contributed by atoms with Gasteiger partial charge in [-0.2, -0.15) is 26.3 Å². The summed E-state index contributed by atoms with van der Waals surface area (Å²) in [7, 11) is 0. The Morgan fingerprint density at radius 3 is 2.84 bits per heavy atom. The summed E-state index contributed by atoms with van der Waals surface area (Å²) >= 11 is 1.74. The maximum atomic E-state index is 5.63. The zero-order valence-electron chi connectivity index (χ0n) is 11.3. The Kier molecular flexibility index (Phi) is 4.68. The van der Waals surface area contributed by atoms with Crippen LogP contribution in [0.1, 0.15) is 31.2 Å². The zero-order valence-corrected chi connectivity index (χ0v) is 12.1. The van der Waals surface area contributed by atoms with E-state index in [4.69, 9.17) is 5.73 Å². The Bertz CT molecular complexity index is 492. The molecule has 0 amide bonds. The van der Waals surface area contributed by atoms with Crippen LogP contribution in [-0.4, -0.2) is 21.0 Å². The van der Waals surface area contributed by atoms with Gasteiger partial charge in [0.15, 0.2) is 0 Å². The molecule has 2 heterocycles. The number of nitrogens with two attached hydrogens (primary N) is 1. The Morgan fingerprint density at radius 1 is 1.37 bits per heavy atom. The van der Waals surface area contributed by atoms with Gasteiger partial charge in [0.05, 0.1) is 0 Å². The Balaban J connectivity index is 1.94. The molecule has 2 aromatic heterocycles. The molecule has 1 atom stereocenters. The maximum absolute atomic E-state index is 5.63. The van der Waals surface area contributed by atoms with Crippen LogP contribution in [0.25, 0.3) is 0 Å². The molecule has 0 fully saturated rings. The van der Waals surface area contributed by atoms with Crippen molar-refractivity contribution >= 4 is 23.2 Å². The SMILES string of the molecule is CCC(CCc1ccsc1)Nc1nc(C)nc(N)n1. The molecule has 19 heavy (non-hydrogen) atoms. The van der Waals surface area contributed by atoms with Crippen molar-refractivity contribution in [1.29, 1.82) is 0 Å². The number of hydrogen-bond donors (Lipinski definition) is 2. The number of hydrogen-bond acceptors (Lipinski definition) is 6. The van der Waals surface area contributed by atoms with Gasteiger partial charge in [-0.15, -0.1) is 0 Å². The summed E-state index contributed by atoms with van der Waals surface area (Å²) in [5.41, 5.74) is 7.01. The van der Waals surface area contributed by atoms with E-state index in [0.29, 0.717) is 17.8 Å². The van der Waals surface area contributed by atoms with Crippen molar-refractivity contribution in [2.45, 2.75) is 39.2 Å². The lowest BCUT2D eigenvalue weighted by Gasteiger charge is -2.16. The van der Waals surface area contributed by atoms with Gasteiger partial charge in [-0.05, 0) is 48.6 Å². The summed E-state index contributed by atoms with van der Waals surface area (Å²) in [6.45, 7) is 3.97. The van der Waals surface area contributed by atoms with Crippen LogP contribution in [0.5, 0.6) is 0 Å². The van der Waals surface area contributed by atoms with Crippen molar-refractivity contribution in [1.82, 2.24) is 15.0 Å². The van der Waals surface area contributed by atoms with Crippen LogP contribution < -0.4 is 11.1 Å². The van der Waals surface area contributed by atoms with Gasteiger partial charge in [-0.25, -0.2) is 0 Å². The minimum absolute atomic E-state index is 0.266. The van der Waals surface area contributed by atoms with Gasteiger partial charge >= 0.3 is 0 Å². The molecule has 0 aliphatic rings. The van der Waals surface area contributed by atoms with E-state index in [2.05, 4.69) is 44.0 Å². The normalized spacial score (nSPS) is 12.3. The van der Waals surface area contributed by atoms with Crippen molar-refractivity contribution in [2.75, 3.05) is 11.1 Å². The van der Waals surface area contributed by atoms with Crippen LogP contribution >= 0.6 is 11.3 Å². The van der Waals surface area contributed by atoms with E-state index in [9.17, 15) is 0 Å². The monoisotopic (exact) mass is 277 g/mol. The second-order valence-electron chi connectivity index (χ2n) is 4.48. The Morgan fingerprint density at radius 2 is 2.21 bits per heavy atom. The highest BCUT2D eigenvalue weighted by molar-refractivity contribution is 7.07. The first-order valence-corrected chi connectivity index (χ1v) is 7.37. The first kappa shape index (κ1) is 13.7. The van der Waals surface area contributed by atoms with Crippen molar-refractivity contribution in [3.8, 4) is 0 Å². The maximum Gasteiger partial charge on any atom is 0.227 e. The lowest BCUT2D eigenvalue weighted by atomic mass is 10.1. The van der Waals surface area contributed by atoms with E-state index in [-0.39, 0.29) is 5.95 Å². The minimum Gasteiger partial charge on any atom is -0.368 e. The third kappa shape index (κ3) is 4.17. The number of rotatable bonds is 6. The van der Waals surface area contributed by atoms with Crippen molar-refractivity contribution < 1.29 is 0 Å². The van der Waals surface area contributed by atoms with Crippen LogP contribution in [0.15, 0.2) is 16.8 Å². The minimum atomic E-state index is 0.266. The molecule has 3 N–H and O–H groups in total. The first-order chi connectivity index (χ1) is 9.17. The lowest BCUT2D eigenvalue weighted by Crippen LogP contribution is -2.21. The molecule has 2 aromatic rings. The second kappa shape index (κ2) is 6.47. The highest BCUT2D eigenvalue weighted by atomic mass is 32.1. The van der Waals surface area contributed by atoms with Gasteiger partial charge in [0.25, 0.3) is 0 Å². The van der Waals surface area contributed by atoms with Crippen molar-refractivity contribution in [3.63, 3.8) is 0 Å². The fraction of sp³-hybridized carbons (Fsp3) is 0.462. The van der Waals surface area contributed by atoms with E-state index in [1.54, 1.807) is 11.3 Å². The fourth-order valence-electron chi connectivity index (χ4n) is 1.90. The highest BCUT2D eigenvalue weighted by Gasteiger charge is 2.09. The number of nitrogens with one attached hydrogen (secondary N) is 1. The van der Waals surface area contributed by atoms with Crippen LogP contribution in [0.2, 0.25) is 0 Å². The van der Waals surface area contributed by atoms with Crippen LogP contribution in [-0.2, 0) is 6.42 Å². The van der Waals surface area contributed by atoms with Gasteiger partial charge in [-0.1, -0.05) is 6.92 Å². The highest BCUT2D eigenvalue weighted by Crippen LogP contribution is 2.13. The molecule has 2 rings (SSSR count). The fourth-order valence-corrected chi connectivity index (χ4v) is 2.61. The molecule has 6 heteroatoms. The van der Waals surface area contributed by atoms with Gasteiger partial charge in [0.2, 0.25) is 11.9 Å². The molecule has 0 bridgehead atoms. The topological polar surface area (TPSA) is 76.7 Å². The molecule has 0 aliphatic heterocycles. The van der Waals surface area contributed by atoms with Crippen LogP contribution in [0.4, 0.5) is 11.9 Å². The Hall–Kier alpha value is -1.69. The van der Waals surface area contributed by atoms with E-state index < -0.39 is 0 Å². The molecule has 0 spiro atoms. The number of thiophene rings is 1. The smallest absolute Gasteiger partial charge is 0.227 e. The van der Waals surface area contributed by atoms with Crippen LogP contribution in [0, 0.1) is 6.92 Å². The predicted octanol–water partition coefficient (Wildman–Crippen LogP) is 2.65. The van der Waals surface area contributed by atoms with E-state index in [0.717, 1.165) is 19.3 Å². The first-order valence-electron chi connectivity index (χ1n) is 6.43. The number of aryl methyl sites for hydroxylation is 2. The van der Waals surface area contributed by atoms with Gasteiger partial charge in [0.1, 0.15) is 5.82 Å². The predicted molar refractivity (Wildman–Crippen MR) is 79.3 cm³/mol. The zero-order chi connectivity index (χ0) is 13.7. The largest absolute Gasteiger partial charge is 0.368 e. The molecule has 0 aliphatic carbocycles. The average Bonchev–Trinajstić information content (AvgIpc) is 2.86. The van der Waals surface area contributed by atoms with E-state index >= 15 is 0 Å². The molecule has 0 saturated heterocycles. The van der Waals surface area contributed by atoms with Gasteiger partial charge in [-0.3, -0.25) is 0 Å². The van der Waals surface area contributed by atoms with Crippen molar-refractivity contribution in [3.05, 3.63) is 28.2 Å². The molecule has 5 nitrogen and oxygen atoms in total. The molecule has 102 valence electrons. The third-order valence-electron chi connectivity index (χ3n) is 2.95. The van der Waals surface area contributed by atoms with Crippen LogP contribution in [0.3, 0.4) is 0 Å². The third-order valence-corrected chi connectivity index (χ3v) is 3.68. The van der Waals surface area contributed by atoms with Crippen molar-refractivity contribution in [2.24, 2.45) is 0 Å². The average molecular weight is 277 g/mol. The summed E-state index contributed by atoms with van der Waals surface area (Å²) < 4.78 is 0. The molecular weight excluding hydrogens is 258 g/mol. The number of nitrogen functional groups attached to an aromatic ring is 1. The Labute approximate surface area is 117 Å². The molecule has 1 unspecified atom stereocenters. The quantitative estimate of drug-likeness (QED) is 0.849.